The van der Waals surface area contributed by atoms with Crippen LogP contribution in [0.25, 0.3) is 11.1 Å². The molecular formula is C11H7Br3N2. The summed E-state index contributed by atoms with van der Waals surface area (Å²) in [5.41, 5.74) is 2.11. The number of alkyl halides is 3. The second-order valence-electron chi connectivity index (χ2n) is 3.16. The van der Waals surface area contributed by atoms with Gasteiger partial charge in [0.1, 0.15) is 0 Å². The Bertz CT molecular complexity index is 463. The van der Waals surface area contributed by atoms with E-state index in [1.807, 2.05) is 30.3 Å². The highest BCUT2D eigenvalue weighted by Gasteiger charge is 2.24. The summed E-state index contributed by atoms with van der Waals surface area (Å²) in [6.45, 7) is 0. The lowest BCUT2D eigenvalue weighted by molar-refractivity contribution is 1.02. The van der Waals surface area contributed by atoms with Crippen LogP contribution in [-0.4, -0.2) is 9.97 Å². The summed E-state index contributed by atoms with van der Waals surface area (Å²) in [4.78, 5) is 8.55. The van der Waals surface area contributed by atoms with Crippen LogP contribution in [0.5, 0.6) is 0 Å². The van der Waals surface area contributed by atoms with Crippen molar-refractivity contribution in [3.8, 4) is 11.1 Å². The summed E-state index contributed by atoms with van der Waals surface area (Å²) in [6.07, 6.45) is 3.60. The lowest BCUT2D eigenvalue weighted by Gasteiger charge is -2.10. The number of rotatable bonds is 1. The second-order valence-corrected chi connectivity index (χ2v) is 9.92. The molecule has 5 heteroatoms. The van der Waals surface area contributed by atoms with Gasteiger partial charge >= 0.3 is 0 Å². The van der Waals surface area contributed by atoms with E-state index in [9.17, 15) is 0 Å². The first-order valence-electron chi connectivity index (χ1n) is 4.52. The van der Waals surface area contributed by atoms with Crippen LogP contribution in [0.2, 0.25) is 0 Å². The highest BCUT2D eigenvalue weighted by atomic mass is 80.0. The highest BCUT2D eigenvalue weighted by Crippen LogP contribution is 2.42. The van der Waals surface area contributed by atoms with Gasteiger partial charge < -0.3 is 0 Å². The Hall–Kier alpha value is -0.260. The molecule has 0 aliphatic rings. The van der Waals surface area contributed by atoms with Crippen molar-refractivity contribution in [1.29, 1.82) is 0 Å². The molecule has 1 heterocycles. The maximum Gasteiger partial charge on any atom is 0.193 e. The number of nitrogens with zero attached hydrogens (tertiary/aromatic N) is 2. The minimum absolute atomic E-state index is 0.553. The monoisotopic (exact) mass is 404 g/mol. The summed E-state index contributed by atoms with van der Waals surface area (Å²) < 4.78 is -0.553. The number of aromatic nitrogens is 2. The van der Waals surface area contributed by atoms with Crippen LogP contribution >= 0.6 is 47.8 Å². The van der Waals surface area contributed by atoms with E-state index < -0.39 is 2.14 Å². The van der Waals surface area contributed by atoms with E-state index in [4.69, 9.17) is 0 Å². The molecule has 1 aromatic heterocycles. The molecule has 0 saturated carbocycles. The van der Waals surface area contributed by atoms with Gasteiger partial charge in [0.05, 0.1) is 0 Å². The van der Waals surface area contributed by atoms with E-state index in [-0.39, 0.29) is 0 Å². The van der Waals surface area contributed by atoms with Crippen molar-refractivity contribution in [2.75, 3.05) is 0 Å². The van der Waals surface area contributed by atoms with Crippen molar-refractivity contribution in [2.45, 2.75) is 2.14 Å². The lowest BCUT2D eigenvalue weighted by Crippen LogP contribution is -2.04. The molecule has 0 bridgehead atoms. The molecule has 2 aromatic rings. The van der Waals surface area contributed by atoms with E-state index in [1.165, 1.54) is 0 Å². The van der Waals surface area contributed by atoms with E-state index in [0.29, 0.717) is 5.82 Å². The number of halogens is 3. The summed E-state index contributed by atoms with van der Waals surface area (Å²) in [7, 11) is 0. The lowest BCUT2D eigenvalue weighted by atomic mass is 10.1. The zero-order valence-electron chi connectivity index (χ0n) is 8.07. The van der Waals surface area contributed by atoms with Crippen molar-refractivity contribution >= 4 is 47.8 Å². The predicted octanol–water partition coefficient (Wildman–Crippen LogP) is 4.44. The first kappa shape index (κ1) is 12.2. The Balaban J connectivity index is 2.34. The van der Waals surface area contributed by atoms with Gasteiger partial charge in [0.25, 0.3) is 0 Å². The van der Waals surface area contributed by atoms with E-state index >= 15 is 0 Å². The average molecular weight is 407 g/mol. The molecule has 1 aromatic carbocycles. The van der Waals surface area contributed by atoms with Gasteiger partial charge in [0, 0.05) is 18.0 Å². The van der Waals surface area contributed by atoms with Gasteiger partial charge in [-0.05, 0) is 5.56 Å². The summed E-state index contributed by atoms with van der Waals surface area (Å²) >= 11 is 10.1. The second kappa shape index (κ2) is 4.94. The van der Waals surface area contributed by atoms with Crippen LogP contribution in [0.15, 0.2) is 42.7 Å². The number of hydrogen-bond acceptors (Lipinski definition) is 2. The molecule has 82 valence electrons. The predicted molar refractivity (Wildman–Crippen MR) is 75.9 cm³/mol. The Morgan fingerprint density at radius 3 is 1.88 bits per heavy atom. The molecule has 0 atom stereocenters. The zero-order valence-corrected chi connectivity index (χ0v) is 12.8. The minimum Gasteiger partial charge on any atom is -0.237 e. The van der Waals surface area contributed by atoms with Crippen LogP contribution in [0, 0.1) is 0 Å². The van der Waals surface area contributed by atoms with Gasteiger partial charge in [-0.2, -0.15) is 0 Å². The molecule has 0 radical (unpaired) electrons. The van der Waals surface area contributed by atoms with Crippen molar-refractivity contribution < 1.29 is 0 Å². The molecule has 0 aliphatic carbocycles. The molecule has 0 N–H and O–H groups in total. The van der Waals surface area contributed by atoms with Crippen molar-refractivity contribution in [1.82, 2.24) is 9.97 Å². The minimum atomic E-state index is -0.553. The SMILES string of the molecule is BrC(Br)(Br)c1ncc(-c2ccccc2)cn1. The summed E-state index contributed by atoms with van der Waals surface area (Å²) in [5, 5.41) is 0. The molecule has 0 spiro atoms. The third-order valence-corrected chi connectivity index (χ3v) is 3.08. The highest BCUT2D eigenvalue weighted by molar-refractivity contribution is 9.38. The van der Waals surface area contributed by atoms with Crippen molar-refractivity contribution in [3.05, 3.63) is 48.5 Å². The normalized spacial score (nSPS) is 11.4. The molecule has 0 amide bonds. The standard InChI is InChI=1S/C11H7Br3N2/c12-11(13,14)10-15-6-9(7-16-10)8-4-2-1-3-5-8/h1-7H. The Kier molecular flexibility index (Phi) is 3.77. The van der Waals surface area contributed by atoms with E-state index in [2.05, 4.69) is 57.8 Å². The number of hydrogen-bond donors (Lipinski definition) is 0. The largest absolute Gasteiger partial charge is 0.237 e. The quantitative estimate of drug-likeness (QED) is 0.654. The van der Waals surface area contributed by atoms with Crippen LogP contribution in [0.1, 0.15) is 5.82 Å². The summed E-state index contributed by atoms with van der Waals surface area (Å²) in [6, 6.07) is 10.0. The molecular weight excluding hydrogens is 400 g/mol. The van der Waals surface area contributed by atoms with Crippen molar-refractivity contribution in [3.63, 3.8) is 0 Å². The van der Waals surface area contributed by atoms with E-state index in [1.54, 1.807) is 12.4 Å². The average Bonchev–Trinajstić information content (AvgIpc) is 2.29. The Morgan fingerprint density at radius 1 is 0.812 bits per heavy atom. The maximum atomic E-state index is 4.27. The fourth-order valence-corrected chi connectivity index (χ4v) is 1.87. The van der Waals surface area contributed by atoms with E-state index in [0.717, 1.165) is 11.1 Å². The fourth-order valence-electron chi connectivity index (χ4n) is 1.25. The molecule has 0 unspecified atom stereocenters. The maximum absolute atomic E-state index is 4.27. The van der Waals surface area contributed by atoms with Gasteiger partial charge in [-0.1, -0.05) is 78.1 Å². The molecule has 2 rings (SSSR count). The van der Waals surface area contributed by atoms with Crippen LogP contribution in [0.4, 0.5) is 0 Å². The van der Waals surface area contributed by atoms with Gasteiger partial charge in [-0.25, -0.2) is 9.97 Å². The molecule has 16 heavy (non-hydrogen) atoms. The molecule has 2 nitrogen and oxygen atoms in total. The topological polar surface area (TPSA) is 25.8 Å². The van der Waals surface area contributed by atoms with Gasteiger partial charge in [-0.15, -0.1) is 0 Å². The van der Waals surface area contributed by atoms with Gasteiger partial charge in [0.15, 0.2) is 7.97 Å². The number of benzene rings is 1. The van der Waals surface area contributed by atoms with Crippen LogP contribution < -0.4 is 0 Å². The first-order chi connectivity index (χ1) is 7.57. The third-order valence-electron chi connectivity index (χ3n) is 2.01. The Morgan fingerprint density at radius 2 is 1.38 bits per heavy atom. The van der Waals surface area contributed by atoms with Crippen LogP contribution in [-0.2, 0) is 2.14 Å². The fraction of sp³-hybridized carbons (Fsp3) is 0.0909. The molecule has 0 fully saturated rings. The van der Waals surface area contributed by atoms with Crippen LogP contribution in [0.3, 0.4) is 0 Å². The smallest absolute Gasteiger partial charge is 0.193 e. The molecule has 0 saturated heterocycles. The molecule has 0 aliphatic heterocycles. The van der Waals surface area contributed by atoms with Gasteiger partial charge in [-0.3, -0.25) is 0 Å². The Labute approximate surface area is 119 Å². The van der Waals surface area contributed by atoms with Crippen molar-refractivity contribution in [2.24, 2.45) is 0 Å². The third kappa shape index (κ3) is 2.90. The zero-order chi connectivity index (χ0) is 11.6. The van der Waals surface area contributed by atoms with Gasteiger partial charge in [0.2, 0.25) is 0 Å². The summed E-state index contributed by atoms with van der Waals surface area (Å²) in [5.74, 6) is 0.632. The first-order valence-corrected chi connectivity index (χ1v) is 6.90.